The second-order valence-electron chi connectivity index (χ2n) is 11.9. The summed E-state index contributed by atoms with van der Waals surface area (Å²) < 4.78 is 19.5. The minimum absolute atomic E-state index is 0.0847. The number of hydrogen-bond acceptors (Lipinski definition) is 5. The van der Waals surface area contributed by atoms with E-state index in [9.17, 15) is 18.8 Å². The van der Waals surface area contributed by atoms with E-state index in [0.29, 0.717) is 69.7 Å². The van der Waals surface area contributed by atoms with E-state index >= 15 is 0 Å². The number of halogens is 1. The SMILES string of the molecule is Cc1c(F)cccc1NC(=O)CN1CC[C@@H]2NC(=O)[C@H](Cc3ccccc3)NC(=O)C3(C/C=C/C[C@H]2C1)CCOCC3. The summed E-state index contributed by atoms with van der Waals surface area (Å²) in [5, 5.41) is 9.24. The third-order valence-electron chi connectivity index (χ3n) is 9.00. The van der Waals surface area contributed by atoms with Crippen LogP contribution < -0.4 is 16.0 Å². The molecule has 2 saturated heterocycles. The normalized spacial score (nSPS) is 25.7. The van der Waals surface area contributed by atoms with Gasteiger partial charge in [-0.15, -0.1) is 0 Å². The van der Waals surface area contributed by atoms with Crippen LogP contribution in [0.3, 0.4) is 0 Å². The van der Waals surface area contributed by atoms with Crippen molar-refractivity contribution in [3.63, 3.8) is 0 Å². The zero-order valence-corrected chi connectivity index (χ0v) is 24.2. The van der Waals surface area contributed by atoms with E-state index < -0.39 is 11.5 Å². The second-order valence-corrected chi connectivity index (χ2v) is 11.9. The summed E-state index contributed by atoms with van der Waals surface area (Å²) in [5.74, 6) is -0.712. The predicted octanol–water partition coefficient (Wildman–Crippen LogP) is 3.75. The van der Waals surface area contributed by atoms with Gasteiger partial charge < -0.3 is 20.7 Å². The molecule has 3 aliphatic rings. The van der Waals surface area contributed by atoms with Crippen molar-refractivity contribution < 1.29 is 23.5 Å². The zero-order valence-electron chi connectivity index (χ0n) is 24.2. The number of anilines is 1. The molecule has 2 aromatic carbocycles. The van der Waals surface area contributed by atoms with E-state index in [1.807, 2.05) is 30.3 Å². The Morgan fingerprint density at radius 1 is 1.07 bits per heavy atom. The zero-order chi connectivity index (χ0) is 29.5. The van der Waals surface area contributed by atoms with Crippen molar-refractivity contribution in [2.24, 2.45) is 11.3 Å². The number of carbonyl (C=O) groups is 3. The highest BCUT2D eigenvalue weighted by Crippen LogP contribution is 2.36. The molecule has 2 fully saturated rings. The van der Waals surface area contributed by atoms with Crippen LogP contribution in [-0.2, 0) is 25.5 Å². The average Bonchev–Trinajstić information content (AvgIpc) is 2.99. The van der Waals surface area contributed by atoms with Gasteiger partial charge in [0.25, 0.3) is 0 Å². The smallest absolute Gasteiger partial charge is 0.243 e. The van der Waals surface area contributed by atoms with Gasteiger partial charge in [-0.25, -0.2) is 4.39 Å². The van der Waals surface area contributed by atoms with Gasteiger partial charge in [-0.05, 0) is 62.6 Å². The number of nitrogens with one attached hydrogen (secondary N) is 3. The first-order valence-corrected chi connectivity index (χ1v) is 15.0. The Kier molecular flexibility index (Phi) is 9.69. The molecule has 0 aromatic heterocycles. The highest BCUT2D eigenvalue weighted by molar-refractivity contribution is 5.93. The maximum absolute atomic E-state index is 13.9. The molecule has 0 aliphatic carbocycles. The number of fused-ring (bicyclic) bond motifs is 1. The van der Waals surface area contributed by atoms with Crippen molar-refractivity contribution in [3.8, 4) is 0 Å². The number of amides is 3. The second kappa shape index (κ2) is 13.6. The fourth-order valence-electron chi connectivity index (χ4n) is 6.34. The maximum Gasteiger partial charge on any atom is 0.243 e. The van der Waals surface area contributed by atoms with Crippen molar-refractivity contribution in [3.05, 3.63) is 77.6 Å². The highest BCUT2D eigenvalue weighted by atomic mass is 19.1. The molecular formula is C33H41FN4O4. The van der Waals surface area contributed by atoms with Gasteiger partial charge >= 0.3 is 0 Å². The number of nitrogens with zero attached hydrogens (tertiary/aromatic N) is 1. The Bertz CT molecular complexity index is 1290. The summed E-state index contributed by atoms with van der Waals surface area (Å²) in [7, 11) is 0. The molecule has 9 heteroatoms. The van der Waals surface area contributed by atoms with Crippen LogP contribution in [0.25, 0.3) is 0 Å². The molecule has 8 nitrogen and oxygen atoms in total. The lowest BCUT2D eigenvalue weighted by atomic mass is 9.75. The third-order valence-corrected chi connectivity index (χ3v) is 9.00. The number of piperidine rings is 1. The first kappa shape index (κ1) is 29.9. The number of hydrogen-bond donors (Lipinski definition) is 3. The van der Waals surface area contributed by atoms with Crippen LogP contribution in [0.15, 0.2) is 60.7 Å². The Morgan fingerprint density at radius 2 is 1.86 bits per heavy atom. The molecule has 0 unspecified atom stereocenters. The van der Waals surface area contributed by atoms with Gasteiger partial charge in [0.2, 0.25) is 17.7 Å². The molecule has 3 heterocycles. The first-order chi connectivity index (χ1) is 20.3. The third kappa shape index (κ3) is 7.25. The topological polar surface area (TPSA) is 99.8 Å². The van der Waals surface area contributed by atoms with Crippen LogP contribution in [0.5, 0.6) is 0 Å². The van der Waals surface area contributed by atoms with Gasteiger partial charge in [0.15, 0.2) is 0 Å². The summed E-state index contributed by atoms with van der Waals surface area (Å²) in [6, 6.07) is 13.6. The molecule has 224 valence electrons. The number of benzene rings is 2. The molecule has 3 N–H and O–H groups in total. The van der Waals surface area contributed by atoms with E-state index in [2.05, 4.69) is 33.0 Å². The molecule has 0 radical (unpaired) electrons. The van der Waals surface area contributed by atoms with Crippen LogP contribution in [0.2, 0.25) is 0 Å². The molecule has 0 saturated carbocycles. The Hall–Kier alpha value is -3.56. The Labute approximate surface area is 247 Å². The van der Waals surface area contributed by atoms with E-state index in [4.69, 9.17) is 4.74 Å². The van der Waals surface area contributed by atoms with E-state index in [1.54, 1.807) is 19.1 Å². The number of rotatable bonds is 5. The molecule has 2 aromatic rings. The summed E-state index contributed by atoms with van der Waals surface area (Å²) in [5.41, 5.74) is 1.27. The maximum atomic E-state index is 13.9. The van der Waals surface area contributed by atoms with Gasteiger partial charge in [-0.2, -0.15) is 0 Å². The van der Waals surface area contributed by atoms with Gasteiger partial charge in [-0.3, -0.25) is 19.3 Å². The molecule has 5 rings (SSSR count). The summed E-state index contributed by atoms with van der Waals surface area (Å²) in [6.45, 7) is 4.15. The van der Waals surface area contributed by atoms with Gasteiger partial charge in [-0.1, -0.05) is 48.6 Å². The highest BCUT2D eigenvalue weighted by Gasteiger charge is 2.41. The van der Waals surface area contributed by atoms with Gasteiger partial charge in [0.1, 0.15) is 11.9 Å². The van der Waals surface area contributed by atoms with Crippen LogP contribution in [0, 0.1) is 24.1 Å². The number of ether oxygens (including phenoxy) is 1. The van der Waals surface area contributed by atoms with E-state index in [0.717, 1.165) is 12.0 Å². The predicted molar refractivity (Wildman–Crippen MR) is 159 cm³/mol. The molecular weight excluding hydrogens is 535 g/mol. The molecule has 1 spiro atoms. The average molecular weight is 577 g/mol. The Balaban J connectivity index is 1.31. The van der Waals surface area contributed by atoms with Crippen molar-refractivity contribution in [2.75, 3.05) is 38.2 Å². The van der Waals surface area contributed by atoms with Crippen LogP contribution in [0.4, 0.5) is 10.1 Å². The molecule has 42 heavy (non-hydrogen) atoms. The lowest BCUT2D eigenvalue weighted by Gasteiger charge is -2.40. The van der Waals surface area contributed by atoms with Crippen LogP contribution in [-0.4, -0.2) is 67.6 Å². The van der Waals surface area contributed by atoms with Crippen LogP contribution >= 0.6 is 0 Å². The molecule has 0 bridgehead atoms. The lowest BCUT2D eigenvalue weighted by molar-refractivity contribution is -0.140. The van der Waals surface area contributed by atoms with Gasteiger partial charge in [0.05, 0.1) is 12.0 Å². The van der Waals surface area contributed by atoms with E-state index in [-0.39, 0.29) is 42.0 Å². The first-order valence-electron chi connectivity index (χ1n) is 15.0. The Morgan fingerprint density at radius 3 is 2.64 bits per heavy atom. The summed E-state index contributed by atoms with van der Waals surface area (Å²) in [6.07, 6.45) is 7.87. The number of likely N-dealkylation sites (tertiary alicyclic amines) is 1. The molecule has 3 aliphatic heterocycles. The lowest BCUT2D eigenvalue weighted by Crippen LogP contribution is -2.58. The van der Waals surface area contributed by atoms with E-state index in [1.165, 1.54) is 6.07 Å². The fraction of sp³-hybridized carbons (Fsp3) is 0.485. The van der Waals surface area contributed by atoms with Crippen molar-refractivity contribution >= 4 is 23.4 Å². The summed E-state index contributed by atoms with van der Waals surface area (Å²) in [4.78, 5) is 42.4. The number of allylic oxidation sites excluding steroid dienone is 2. The molecule has 3 atom stereocenters. The minimum Gasteiger partial charge on any atom is -0.381 e. The van der Waals surface area contributed by atoms with Crippen LogP contribution in [0.1, 0.15) is 43.2 Å². The quantitative estimate of drug-likeness (QED) is 0.471. The monoisotopic (exact) mass is 576 g/mol. The fourth-order valence-corrected chi connectivity index (χ4v) is 6.34. The van der Waals surface area contributed by atoms with Crippen molar-refractivity contribution in [2.45, 2.75) is 57.5 Å². The summed E-state index contributed by atoms with van der Waals surface area (Å²) >= 11 is 0. The largest absolute Gasteiger partial charge is 0.381 e. The van der Waals surface area contributed by atoms with Gasteiger partial charge in [0, 0.05) is 50.0 Å². The van der Waals surface area contributed by atoms with Crippen molar-refractivity contribution in [1.29, 1.82) is 0 Å². The van der Waals surface area contributed by atoms with Crippen molar-refractivity contribution in [1.82, 2.24) is 15.5 Å². The molecule has 3 amide bonds. The number of carbonyl (C=O) groups excluding carboxylic acids is 3. The minimum atomic E-state index is -0.693. The standard InChI is InChI=1S/C33H41FN4O4/c1-23-26(34)11-7-12-27(23)35-30(39)22-38-17-13-28-25(21-38)10-5-6-14-33(15-18-42-19-16-33)32(41)37-29(31(40)36-28)20-24-8-3-2-4-9-24/h2-9,11-12,25,28-29H,10,13-22H2,1H3,(H,35,39)(H,36,40)(H,37,41)/b6-5+/t25-,28-,29-/m0/s1.